The van der Waals surface area contributed by atoms with Crippen LogP contribution in [-0.4, -0.2) is 17.1 Å². The Bertz CT molecular complexity index is 801. The number of rotatable bonds is 3. The van der Waals surface area contributed by atoms with E-state index in [4.69, 9.17) is 10.5 Å². The maximum atomic E-state index is 5.85. The average Bonchev–Trinajstić information content (AvgIpc) is 2.49. The van der Waals surface area contributed by atoms with Crippen molar-refractivity contribution in [3.05, 3.63) is 48.3 Å². The minimum atomic E-state index is 0.687. The second kappa shape index (κ2) is 5.28. The van der Waals surface area contributed by atoms with E-state index in [0.717, 1.165) is 33.7 Å². The van der Waals surface area contributed by atoms with Gasteiger partial charge < -0.3 is 15.8 Å². The van der Waals surface area contributed by atoms with E-state index >= 15 is 0 Å². The van der Waals surface area contributed by atoms with Gasteiger partial charge in [-0.3, -0.25) is 0 Å². The molecule has 0 saturated carbocycles. The molecule has 3 aromatic rings. The van der Waals surface area contributed by atoms with Gasteiger partial charge >= 0.3 is 0 Å². The minimum Gasteiger partial charge on any atom is -0.497 e. The summed E-state index contributed by atoms with van der Waals surface area (Å²) in [5.74, 6) is 1.57. The number of ether oxygens (including phenoxy) is 1. The Morgan fingerprint density at radius 3 is 2.71 bits per heavy atom. The van der Waals surface area contributed by atoms with E-state index in [-0.39, 0.29) is 0 Å². The third-order valence-electron chi connectivity index (χ3n) is 3.35. The molecule has 0 saturated heterocycles. The Labute approximate surface area is 122 Å². The summed E-state index contributed by atoms with van der Waals surface area (Å²) in [5, 5.41) is 4.23. The Kier molecular flexibility index (Phi) is 3.31. The molecule has 5 nitrogen and oxygen atoms in total. The van der Waals surface area contributed by atoms with Crippen LogP contribution in [0.25, 0.3) is 10.9 Å². The van der Waals surface area contributed by atoms with E-state index in [2.05, 4.69) is 15.3 Å². The minimum absolute atomic E-state index is 0.687. The van der Waals surface area contributed by atoms with Crippen molar-refractivity contribution >= 4 is 28.1 Å². The van der Waals surface area contributed by atoms with Crippen molar-refractivity contribution in [3.63, 3.8) is 0 Å². The van der Waals surface area contributed by atoms with E-state index in [9.17, 15) is 0 Å². The second-order valence-corrected chi connectivity index (χ2v) is 4.80. The molecular weight excluding hydrogens is 264 g/mol. The lowest BCUT2D eigenvalue weighted by atomic mass is 10.1. The van der Waals surface area contributed by atoms with Gasteiger partial charge in [0.15, 0.2) is 0 Å². The van der Waals surface area contributed by atoms with Crippen LogP contribution >= 0.6 is 0 Å². The average molecular weight is 280 g/mol. The number of methoxy groups -OCH3 is 1. The number of nitrogen functional groups attached to an aromatic ring is 1. The molecule has 0 atom stereocenters. The van der Waals surface area contributed by atoms with E-state index in [0.29, 0.717) is 5.69 Å². The fraction of sp³-hybridized carbons (Fsp3) is 0.125. The summed E-state index contributed by atoms with van der Waals surface area (Å²) in [6, 6.07) is 11.4. The lowest BCUT2D eigenvalue weighted by Crippen LogP contribution is -1.98. The van der Waals surface area contributed by atoms with Gasteiger partial charge in [-0.1, -0.05) is 0 Å². The normalized spacial score (nSPS) is 10.6. The summed E-state index contributed by atoms with van der Waals surface area (Å²) in [6.07, 6.45) is 1.54. The van der Waals surface area contributed by atoms with Crippen molar-refractivity contribution in [1.82, 2.24) is 9.97 Å². The number of nitrogens with zero attached hydrogens (tertiary/aromatic N) is 2. The first kappa shape index (κ1) is 13.2. The highest BCUT2D eigenvalue weighted by Crippen LogP contribution is 2.28. The summed E-state index contributed by atoms with van der Waals surface area (Å²) >= 11 is 0. The zero-order valence-electron chi connectivity index (χ0n) is 11.9. The standard InChI is InChI=1S/C16H16N4O/c1-10-7-12(21-2)4-6-14(10)20-16-13-8-11(17)3-5-15(13)18-9-19-16/h3-9H,17H2,1-2H3,(H,18,19,20). The van der Waals surface area contributed by atoms with Gasteiger partial charge in [-0.05, 0) is 48.9 Å². The zero-order valence-corrected chi connectivity index (χ0v) is 11.9. The van der Waals surface area contributed by atoms with Gasteiger partial charge in [0.2, 0.25) is 0 Å². The fourth-order valence-electron chi connectivity index (χ4n) is 2.20. The highest BCUT2D eigenvalue weighted by atomic mass is 16.5. The summed E-state index contributed by atoms with van der Waals surface area (Å²) in [6.45, 7) is 2.02. The molecule has 5 heteroatoms. The molecule has 0 fully saturated rings. The monoisotopic (exact) mass is 280 g/mol. The number of nitrogens with two attached hydrogens (primary N) is 1. The molecular formula is C16H16N4O. The lowest BCUT2D eigenvalue weighted by molar-refractivity contribution is 0.414. The Balaban J connectivity index is 2.04. The molecule has 0 aliphatic heterocycles. The number of hydrogen-bond acceptors (Lipinski definition) is 5. The molecule has 0 unspecified atom stereocenters. The topological polar surface area (TPSA) is 73.1 Å². The summed E-state index contributed by atoms with van der Waals surface area (Å²) in [4.78, 5) is 8.57. The molecule has 0 aliphatic carbocycles. The van der Waals surface area contributed by atoms with Crippen molar-refractivity contribution in [1.29, 1.82) is 0 Å². The largest absolute Gasteiger partial charge is 0.497 e. The van der Waals surface area contributed by atoms with Crippen molar-refractivity contribution in [2.75, 3.05) is 18.2 Å². The molecule has 2 aromatic carbocycles. The van der Waals surface area contributed by atoms with Gasteiger partial charge in [0.05, 0.1) is 12.6 Å². The smallest absolute Gasteiger partial charge is 0.141 e. The molecule has 0 bridgehead atoms. The van der Waals surface area contributed by atoms with E-state index in [1.807, 2.05) is 43.3 Å². The highest BCUT2D eigenvalue weighted by molar-refractivity contribution is 5.92. The van der Waals surface area contributed by atoms with Gasteiger partial charge in [0.1, 0.15) is 17.9 Å². The molecule has 1 heterocycles. The van der Waals surface area contributed by atoms with Crippen LogP contribution in [0.15, 0.2) is 42.7 Å². The number of benzene rings is 2. The number of aryl methyl sites for hydroxylation is 1. The van der Waals surface area contributed by atoms with Gasteiger partial charge in [0.25, 0.3) is 0 Å². The van der Waals surface area contributed by atoms with Crippen LogP contribution in [0.3, 0.4) is 0 Å². The molecule has 106 valence electrons. The number of hydrogen-bond donors (Lipinski definition) is 2. The first-order valence-corrected chi connectivity index (χ1v) is 6.59. The highest BCUT2D eigenvalue weighted by Gasteiger charge is 2.07. The number of fused-ring (bicyclic) bond motifs is 1. The van der Waals surface area contributed by atoms with E-state index < -0.39 is 0 Å². The summed E-state index contributed by atoms with van der Waals surface area (Å²) < 4.78 is 5.22. The Hall–Kier alpha value is -2.82. The first-order chi connectivity index (χ1) is 10.2. The van der Waals surface area contributed by atoms with Crippen LogP contribution in [0.4, 0.5) is 17.2 Å². The van der Waals surface area contributed by atoms with Crippen molar-refractivity contribution in [2.24, 2.45) is 0 Å². The Morgan fingerprint density at radius 2 is 1.95 bits per heavy atom. The van der Waals surface area contributed by atoms with Crippen LogP contribution in [0.2, 0.25) is 0 Å². The SMILES string of the molecule is COc1ccc(Nc2ncnc3ccc(N)cc23)c(C)c1. The molecule has 0 radical (unpaired) electrons. The van der Waals surface area contributed by atoms with E-state index in [1.165, 1.54) is 0 Å². The van der Waals surface area contributed by atoms with Crippen molar-refractivity contribution < 1.29 is 4.74 Å². The second-order valence-electron chi connectivity index (χ2n) is 4.80. The van der Waals surface area contributed by atoms with Crippen LogP contribution in [0.5, 0.6) is 5.75 Å². The third-order valence-corrected chi connectivity index (χ3v) is 3.35. The third kappa shape index (κ3) is 2.58. The molecule has 21 heavy (non-hydrogen) atoms. The van der Waals surface area contributed by atoms with E-state index in [1.54, 1.807) is 13.4 Å². The molecule has 0 amide bonds. The predicted molar refractivity (Wildman–Crippen MR) is 85.0 cm³/mol. The van der Waals surface area contributed by atoms with Crippen LogP contribution in [0, 0.1) is 6.92 Å². The molecule has 3 rings (SSSR count). The molecule has 0 spiro atoms. The van der Waals surface area contributed by atoms with Crippen LogP contribution in [-0.2, 0) is 0 Å². The van der Waals surface area contributed by atoms with Crippen molar-refractivity contribution in [2.45, 2.75) is 6.92 Å². The fourth-order valence-corrected chi connectivity index (χ4v) is 2.20. The van der Waals surface area contributed by atoms with Gasteiger partial charge in [-0.25, -0.2) is 9.97 Å². The number of nitrogens with one attached hydrogen (secondary N) is 1. The van der Waals surface area contributed by atoms with Crippen LogP contribution < -0.4 is 15.8 Å². The van der Waals surface area contributed by atoms with Gasteiger partial charge in [-0.15, -0.1) is 0 Å². The van der Waals surface area contributed by atoms with Gasteiger partial charge in [0, 0.05) is 16.8 Å². The maximum absolute atomic E-state index is 5.85. The molecule has 0 aliphatic rings. The molecule has 3 N–H and O–H groups in total. The van der Waals surface area contributed by atoms with Crippen LogP contribution in [0.1, 0.15) is 5.56 Å². The zero-order chi connectivity index (χ0) is 14.8. The number of aromatic nitrogens is 2. The summed E-state index contributed by atoms with van der Waals surface area (Å²) in [7, 11) is 1.66. The Morgan fingerprint density at radius 1 is 1.10 bits per heavy atom. The van der Waals surface area contributed by atoms with Gasteiger partial charge in [-0.2, -0.15) is 0 Å². The predicted octanol–water partition coefficient (Wildman–Crippen LogP) is 3.27. The number of anilines is 3. The summed E-state index contributed by atoms with van der Waals surface area (Å²) in [5.41, 5.74) is 9.44. The molecule has 1 aromatic heterocycles. The first-order valence-electron chi connectivity index (χ1n) is 6.59. The lowest BCUT2D eigenvalue weighted by Gasteiger charge is -2.12. The maximum Gasteiger partial charge on any atom is 0.141 e. The van der Waals surface area contributed by atoms with Crippen molar-refractivity contribution in [3.8, 4) is 5.75 Å². The quantitative estimate of drug-likeness (QED) is 0.720.